The maximum Gasteiger partial charge on any atom is 0.148 e. The Morgan fingerprint density at radius 3 is 2.90 bits per heavy atom. The van der Waals surface area contributed by atoms with Crippen molar-refractivity contribution >= 4 is 27.6 Å². The molecule has 0 atom stereocenters. The van der Waals surface area contributed by atoms with E-state index in [1.54, 1.807) is 6.07 Å². The zero-order valence-corrected chi connectivity index (χ0v) is 12.8. The average Bonchev–Trinajstić information content (AvgIpc) is 2.47. The molecule has 0 radical (unpaired) electrons. The van der Waals surface area contributed by atoms with Gasteiger partial charge in [0, 0.05) is 20.6 Å². The van der Waals surface area contributed by atoms with E-state index in [1.807, 2.05) is 37.2 Å². The summed E-state index contributed by atoms with van der Waals surface area (Å²) in [6, 6.07) is 9.70. The minimum Gasteiger partial charge on any atom is -0.372 e. The summed E-state index contributed by atoms with van der Waals surface area (Å²) in [5.74, 6) is 1.54. The van der Waals surface area contributed by atoms with Crippen LogP contribution in [0.5, 0.6) is 0 Å². The first-order valence-corrected chi connectivity index (χ1v) is 6.83. The smallest absolute Gasteiger partial charge is 0.148 e. The highest BCUT2D eigenvalue weighted by Gasteiger charge is 2.12. The molecule has 5 nitrogen and oxygen atoms in total. The summed E-state index contributed by atoms with van der Waals surface area (Å²) in [6.45, 7) is 0.661. The highest BCUT2D eigenvalue weighted by atomic mass is 79.9. The normalized spacial score (nSPS) is 9.90. The van der Waals surface area contributed by atoms with E-state index < -0.39 is 0 Å². The second-order valence-electron chi connectivity index (χ2n) is 4.28. The molecule has 0 saturated carbocycles. The molecular weight excluding hydrogens is 318 g/mol. The predicted molar refractivity (Wildman–Crippen MR) is 82.5 cm³/mol. The molecule has 102 valence electrons. The highest BCUT2D eigenvalue weighted by Crippen LogP contribution is 2.29. The number of anilines is 2. The minimum atomic E-state index is 0.661. The Bertz CT molecular complexity index is 650. The van der Waals surface area contributed by atoms with Crippen molar-refractivity contribution < 1.29 is 0 Å². The molecule has 1 aromatic heterocycles. The fraction of sp³-hybridized carbons (Fsp3) is 0.214. The van der Waals surface area contributed by atoms with Crippen molar-refractivity contribution in [1.82, 2.24) is 9.97 Å². The van der Waals surface area contributed by atoms with Crippen molar-refractivity contribution in [3.8, 4) is 6.07 Å². The summed E-state index contributed by atoms with van der Waals surface area (Å²) in [5, 5.41) is 11.9. The summed E-state index contributed by atoms with van der Waals surface area (Å²) in [7, 11) is 3.76. The molecule has 0 unspecified atom stereocenters. The molecule has 0 bridgehead atoms. The van der Waals surface area contributed by atoms with Gasteiger partial charge in [-0.3, -0.25) is 0 Å². The van der Waals surface area contributed by atoms with Crippen molar-refractivity contribution in [1.29, 1.82) is 5.26 Å². The molecule has 20 heavy (non-hydrogen) atoms. The number of nitriles is 1. The average molecular weight is 332 g/mol. The van der Waals surface area contributed by atoms with Gasteiger partial charge in [0.05, 0.1) is 11.6 Å². The summed E-state index contributed by atoms with van der Waals surface area (Å²) < 4.78 is 0.821. The first kappa shape index (κ1) is 14.3. The van der Waals surface area contributed by atoms with Gasteiger partial charge in [-0.05, 0) is 33.6 Å². The lowest BCUT2D eigenvalue weighted by molar-refractivity contribution is 0.886. The van der Waals surface area contributed by atoms with Gasteiger partial charge in [-0.1, -0.05) is 12.1 Å². The lowest BCUT2D eigenvalue weighted by Gasteiger charge is -2.20. The first-order chi connectivity index (χ1) is 9.65. The Morgan fingerprint density at radius 1 is 1.40 bits per heavy atom. The molecule has 1 heterocycles. The van der Waals surface area contributed by atoms with Crippen LogP contribution in [-0.2, 0) is 6.54 Å². The van der Waals surface area contributed by atoms with E-state index in [0.717, 1.165) is 21.7 Å². The third kappa shape index (κ3) is 3.06. The van der Waals surface area contributed by atoms with Crippen molar-refractivity contribution in [2.24, 2.45) is 0 Å². The van der Waals surface area contributed by atoms with Crippen LogP contribution in [0.25, 0.3) is 0 Å². The maximum absolute atomic E-state index is 8.93. The van der Waals surface area contributed by atoms with Gasteiger partial charge >= 0.3 is 0 Å². The molecule has 0 aliphatic heterocycles. The Labute approximate surface area is 126 Å². The van der Waals surface area contributed by atoms with E-state index in [1.165, 1.54) is 6.33 Å². The molecule has 0 aliphatic rings. The van der Waals surface area contributed by atoms with Gasteiger partial charge in [0.15, 0.2) is 0 Å². The summed E-state index contributed by atoms with van der Waals surface area (Å²) in [4.78, 5) is 10.4. The number of aromatic nitrogens is 2. The van der Waals surface area contributed by atoms with E-state index in [0.29, 0.717) is 12.1 Å². The SMILES string of the molecule is CNc1ncnc(N(C)Cc2cccc(C#N)c2)c1Br. The largest absolute Gasteiger partial charge is 0.372 e. The van der Waals surface area contributed by atoms with Crippen LogP contribution in [0.4, 0.5) is 11.6 Å². The molecule has 1 N–H and O–H groups in total. The fourth-order valence-corrected chi connectivity index (χ4v) is 2.59. The van der Waals surface area contributed by atoms with Crippen molar-refractivity contribution in [3.05, 3.63) is 46.2 Å². The van der Waals surface area contributed by atoms with E-state index in [2.05, 4.69) is 37.3 Å². The van der Waals surface area contributed by atoms with Gasteiger partial charge in [-0.25, -0.2) is 9.97 Å². The van der Waals surface area contributed by atoms with E-state index in [4.69, 9.17) is 5.26 Å². The number of hydrogen-bond acceptors (Lipinski definition) is 5. The van der Waals surface area contributed by atoms with Gasteiger partial charge in [0.2, 0.25) is 0 Å². The monoisotopic (exact) mass is 331 g/mol. The second-order valence-corrected chi connectivity index (χ2v) is 5.07. The predicted octanol–water partition coefficient (Wildman–Crippen LogP) is 2.79. The van der Waals surface area contributed by atoms with Crippen LogP contribution >= 0.6 is 15.9 Å². The molecule has 0 saturated heterocycles. The standard InChI is InChI=1S/C14H14BrN5/c1-17-13-12(15)14(19-9-18-13)20(2)8-11-5-3-4-10(6-11)7-16/h3-6,9H,8H2,1-2H3,(H,17,18,19). The van der Waals surface area contributed by atoms with Gasteiger partial charge in [-0.2, -0.15) is 5.26 Å². The van der Waals surface area contributed by atoms with Crippen LogP contribution in [0.3, 0.4) is 0 Å². The van der Waals surface area contributed by atoms with Gasteiger partial charge < -0.3 is 10.2 Å². The van der Waals surface area contributed by atoms with Crippen molar-refractivity contribution in [3.63, 3.8) is 0 Å². The molecule has 0 fully saturated rings. The molecule has 2 rings (SSSR count). The van der Waals surface area contributed by atoms with Crippen LogP contribution < -0.4 is 10.2 Å². The first-order valence-electron chi connectivity index (χ1n) is 6.04. The second kappa shape index (κ2) is 6.35. The summed E-state index contributed by atoms with van der Waals surface area (Å²) in [5.41, 5.74) is 1.72. The number of rotatable bonds is 4. The summed E-state index contributed by atoms with van der Waals surface area (Å²) >= 11 is 3.50. The molecule has 1 aromatic carbocycles. The molecular formula is C14H14BrN5. The van der Waals surface area contributed by atoms with Gasteiger partial charge in [0.25, 0.3) is 0 Å². The number of nitrogens with zero attached hydrogens (tertiary/aromatic N) is 4. The highest BCUT2D eigenvalue weighted by molar-refractivity contribution is 9.10. The molecule has 0 aliphatic carbocycles. The van der Waals surface area contributed by atoms with Crippen LogP contribution in [0.15, 0.2) is 35.1 Å². The topological polar surface area (TPSA) is 64.8 Å². The Hall–Kier alpha value is -2.13. The third-order valence-corrected chi connectivity index (χ3v) is 3.58. The van der Waals surface area contributed by atoms with Crippen molar-refractivity contribution in [2.45, 2.75) is 6.54 Å². The fourth-order valence-electron chi connectivity index (χ4n) is 1.89. The zero-order valence-electron chi connectivity index (χ0n) is 11.3. The lowest BCUT2D eigenvalue weighted by atomic mass is 10.1. The Balaban J connectivity index is 2.24. The van der Waals surface area contributed by atoms with E-state index in [-0.39, 0.29) is 0 Å². The van der Waals surface area contributed by atoms with Crippen LogP contribution in [0, 0.1) is 11.3 Å². The number of hydrogen-bond donors (Lipinski definition) is 1. The summed E-state index contributed by atoms with van der Waals surface area (Å²) in [6.07, 6.45) is 1.52. The quantitative estimate of drug-likeness (QED) is 0.933. The van der Waals surface area contributed by atoms with E-state index >= 15 is 0 Å². The Kier molecular flexibility index (Phi) is 4.53. The van der Waals surface area contributed by atoms with Gasteiger partial charge in [-0.15, -0.1) is 0 Å². The number of benzene rings is 1. The maximum atomic E-state index is 8.93. The minimum absolute atomic E-state index is 0.661. The molecule has 6 heteroatoms. The number of halogens is 1. The molecule has 0 spiro atoms. The Morgan fingerprint density at radius 2 is 2.20 bits per heavy atom. The molecule has 0 amide bonds. The zero-order chi connectivity index (χ0) is 14.5. The van der Waals surface area contributed by atoms with Gasteiger partial charge in [0.1, 0.15) is 22.4 Å². The number of nitrogens with one attached hydrogen (secondary N) is 1. The van der Waals surface area contributed by atoms with Crippen LogP contribution in [0.2, 0.25) is 0 Å². The molecule has 2 aromatic rings. The third-order valence-electron chi connectivity index (χ3n) is 2.85. The van der Waals surface area contributed by atoms with Crippen LogP contribution in [0.1, 0.15) is 11.1 Å². The van der Waals surface area contributed by atoms with E-state index in [9.17, 15) is 0 Å². The lowest BCUT2D eigenvalue weighted by Crippen LogP contribution is -2.19. The van der Waals surface area contributed by atoms with Crippen molar-refractivity contribution in [2.75, 3.05) is 24.3 Å². The van der Waals surface area contributed by atoms with Crippen LogP contribution in [-0.4, -0.2) is 24.1 Å².